The van der Waals surface area contributed by atoms with Gasteiger partial charge in [-0.05, 0) is 32.1 Å². The summed E-state index contributed by atoms with van der Waals surface area (Å²) in [6, 6.07) is 1.29. The molecule has 3 heterocycles. The summed E-state index contributed by atoms with van der Waals surface area (Å²) in [5, 5.41) is 8.60. The zero-order valence-corrected chi connectivity index (χ0v) is 12.5. The lowest BCUT2D eigenvalue weighted by molar-refractivity contribution is 0.0211. The van der Waals surface area contributed by atoms with Crippen LogP contribution in [0.25, 0.3) is 0 Å². The van der Waals surface area contributed by atoms with Crippen molar-refractivity contribution in [2.75, 3.05) is 26.3 Å². The molecule has 0 aromatic carbocycles. The van der Waals surface area contributed by atoms with Crippen LogP contribution in [0.4, 0.5) is 0 Å². The molecule has 0 aliphatic carbocycles. The molecule has 0 radical (unpaired) electrons. The molecule has 112 valence electrons. The lowest BCUT2D eigenvalue weighted by atomic mass is 10.00. The van der Waals surface area contributed by atoms with E-state index in [0.717, 1.165) is 37.8 Å². The van der Waals surface area contributed by atoms with Crippen LogP contribution < -0.4 is 0 Å². The Morgan fingerprint density at radius 3 is 2.60 bits per heavy atom. The van der Waals surface area contributed by atoms with Crippen molar-refractivity contribution in [2.24, 2.45) is 0 Å². The smallest absolute Gasteiger partial charge is 0.0827 e. The Morgan fingerprint density at radius 2 is 1.90 bits per heavy atom. The minimum Gasteiger partial charge on any atom is -0.381 e. The number of hydrogen-bond donors (Lipinski definition) is 0. The first-order chi connectivity index (χ1) is 9.86. The number of piperidine rings is 1. The van der Waals surface area contributed by atoms with Crippen molar-refractivity contribution in [3.05, 3.63) is 11.9 Å². The maximum Gasteiger partial charge on any atom is 0.0827 e. The number of hydrogen-bond acceptors (Lipinski definition) is 4. The molecular weight excluding hydrogens is 252 g/mol. The third-order valence-corrected chi connectivity index (χ3v) is 4.64. The molecule has 0 N–H and O–H groups in total. The lowest BCUT2D eigenvalue weighted by Gasteiger charge is -2.39. The second kappa shape index (κ2) is 6.68. The summed E-state index contributed by atoms with van der Waals surface area (Å²) in [7, 11) is 0. The Balaban J connectivity index is 1.52. The third kappa shape index (κ3) is 3.20. The van der Waals surface area contributed by atoms with Crippen molar-refractivity contribution in [2.45, 2.75) is 57.5 Å². The summed E-state index contributed by atoms with van der Waals surface area (Å²) in [4.78, 5) is 2.66. The molecule has 0 unspecified atom stereocenters. The molecule has 0 atom stereocenters. The maximum atomic E-state index is 5.46. The van der Waals surface area contributed by atoms with Crippen molar-refractivity contribution in [1.82, 2.24) is 19.9 Å². The number of nitrogens with zero attached hydrogens (tertiary/aromatic N) is 4. The first kappa shape index (κ1) is 14.0. The fraction of sp³-hybridized carbons (Fsp3) is 0.867. The van der Waals surface area contributed by atoms with Gasteiger partial charge in [0.1, 0.15) is 0 Å². The third-order valence-electron chi connectivity index (χ3n) is 4.64. The van der Waals surface area contributed by atoms with Gasteiger partial charge in [-0.3, -0.25) is 0 Å². The quantitative estimate of drug-likeness (QED) is 0.845. The van der Waals surface area contributed by atoms with Gasteiger partial charge in [-0.25, -0.2) is 4.68 Å². The van der Waals surface area contributed by atoms with Gasteiger partial charge in [0.25, 0.3) is 0 Å². The molecule has 5 nitrogen and oxygen atoms in total. The molecule has 0 saturated carbocycles. The number of aryl methyl sites for hydroxylation is 1. The normalized spacial score (nSPS) is 23.2. The highest BCUT2D eigenvalue weighted by molar-refractivity contribution is 4.94. The van der Waals surface area contributed by atoms with Gasteiger partial charge in [-0.2, -0.15) is 0 Å². The molecule has 1 aromatic heterocycles. The predicted octanol–water partition coefficient (Wildman–Crippen LogP) is 2.05. The monoisotopic (exact) mass is 278 g/mol. The van der Waals surface area contributed by atoms with Gasteiger partial charge >= 0.3 is 0 Å². The first-order valence-corrected chi connectivity index (χ1v) is 8.09. The van der Waals surface area contributed by atoms with Crippen molar-refractivity contribution < 1.29 is 4.74 Å². The number of likely N-dealkylation sites (tertiary alicyclic amines) is 1. The minimum atomic E-state index is 0.546. The second-order valence-electron chi connectivity index (χ2n) is 6.05. The Labute approximate surface area is 121 Å². The van der Waals surface area contributed by atoms with Gasteiger partial charge < -0.3 is 9.64 Å². The lowest BCUT2D eigenvalue weighted by Crippen LogP contribution is -2.44. The average Bonchev–Trinajstić information content (AvgIpc) is 2.97. The highest BCUT2D eigenvalue weighted by atomic mass is 16.5. The maximum absolute atomic E-state index is 5.46. The average molecular weight is 278 g/mol. The Bertz CT molecular complexity index is 406. The SMILES string of the molecule is CCCc1cn(C2CCN(C3CCOCC3)CC2)nn1. The molecule has 2 aliphatic rings. The second-order valence-corrected chi connectivity index (χ2v) is 6.05. The van der Waals surface area contributed by atoms with E-state index >= 15 is 0 Å². The zero-order valence-electron chi connectivity index (χ0n) is 12.5. The van der Waals surface area contributed by atoms with Crippen LogP contribution in [0.3, 0.4) is 0 Å². The molecule has 0 spiro atoms. The van der Waals surface area contributed by atoms with E-state index in [2.05, 4.69) is 33.0 Å². The van der Waals surface area contributed by atoms with E-state index in [1.165, 1.54) is 38.8 Å². The fourth-order valence-electron chi connectivity index (χ4n) is 3.43. The number of aromatic nitrogens is 3. The van der Waals surface area contributed by atoms with E-state index in [1.807, 2.05) is 0 Å². The molecule has 5 heteroatoms. The van der Waals surface area contributed by atoms with Crippen LogP contribution in [0.5, 0.6) is 0 Å². The summed E-state index contributed by atoms with van der Waals surface area (Å²) in [5.74, 6) is 0. The molecule has 1 aromatic rings. The van der Waals surface area contributed by atoms with Crippen molar-refractivity contribution in [3.8, 4) is 0 Å². The highest BCUT2D eigenvalue weighted by Gasteiger charge is 2.27. The van der Waals surface area contributed by atoms with E-state index < -0.39 is 0 Å². The van der Waals surface area contributed by atoms with Gasteiger partial charge in [0.2, 0.25) is 0 Å². The Kier molecular flexibility index (Phi) is 4.68. The molecule has 2 fully saturated rings. The summed E-state index contributed by atoms with van der Waals surface area (Å²) >= 11 is 0. The molecule has 20 heavy (non-hydrogen) atoms. The van der Waals surface area contributed by atoms with Crippen LogP contribution in [-0.2, 0) is 11.2 Å². The Hall–Kier alpha value is -0.940. The summed E-state index contributed by atoms with van der Waals surface area (Å²) in [5.41, 5.74) is 1.14. The van der Waals surface area contributed by atoms with Gasteiger partial charge in [0.05, 0.1) is 11.7 Å². The predicted molar refractivity (Wildman–Crippen MR) is 77.7 cm³/mol. The fourth-order valence-corrected chi connectivity index (χ4v) is 3.43. The van der Waals surface area contributed by atoms with E-state index in [-0.39, 0.29) is 0 Å². The van der Waals surface area contributed by atoms with Crippen molar-refractivity contribution in [3.63, 3.8) is 0 Å². The van der Waals surface area contributed by atoms with Crippen LogP contribution in [0, 0.1) is 0 Å². The number of rotatable bonds is 4. The molecule has 0 bridgehead atoms. The van der Waals surface area contributed by atoms with Gasteiger partial charge in [-0.1, -0.05) is 18.6 Å². The van der Waals surface area contributed by atoms with Crippen molar-refractivity contribution >= 4 is 0 Å². The van der Waals surface area contributed by atoms with E-state index in [4.69, 9.17) is 4.74 Å². The summed E-state index contributed by atoms with van der Waals surface area (Å²) in [6.07, 6.45) is 9.14. The van der Waals surface area contributed by atoms with Crippen LogP contribution in [-0.4, -0.2) is 52.2 Å². The number of ether oxygens (including phenoxy) is 1. The van der Waals surface area contributed by atoms with Gasteiger partial charge in [0, 0.05) is 38.5 Å². The summed E-state index contributed by atoms with van der Waals surface area (Å²) in [6.45, 7) is 6.45. The largest absolute Gasteiger partial charge is 0.381 e. The van der Waals surface area contributed by atoms with Gasteiger partial charge in [-0.15, -0.1) is 5.10 Å². The van der Waals surface area contributed by atoms with E-state index in [1.54, 1.807) is 0 Å². The molecule has 2 saturated heterocycles. The Morgan fingerprint density at radius 1 is 1.15 bits per heavy atom. The van der Waals surface area contributed by atoms with Crippen LogP contribution in [0.1, 0.15) is 50.8 Å². The van der Waals surface area contributed by atoms with E-state index in [9.17, 15) is 0 Å². The molecule has 3 rings (SSSR count). The van der Waals surface area contributed by atoms with Crippen molar-refractivity contribution in [1.29, 1.82) is 0 Å². The minimum absolute atomic E-state index is 0.546. The molecular formula is C15H26N4O. The highest BCUT2D eigenvalue weighted by Crippen LogP contribution is 2.25. The molecule has 0 amide bonds. The first-order valence-electron chi connectivity index (χ1n) is 8.09. The standard InChI is InChI=1S/C15H26N4O/c1-2-3-13-12-19(17-16-13)15-4-8-18(9-5-15)14-6-10-20-11-7-14/h12,14-15H,2-11H2,1H3. The zero-order chi connectivity index (χ0) is 13.8. The van der Waals surface area contributed by atoms with E-state index in [0.29, 0.717) is 6.04 Å². The van der Waals surface area contributed by atoms with Crippen LogP contribution >= 0.6 is 0 Å². The van der Waals surface area contributed by atoms with Crippen LogP contribution in [0.15, 0.2) is 6.20 Å². The topological polar surface area (TPSA) is 43.2 Å². The summed E-state index contributed by atoms with van der Waals surface area (Å²) < 4.78 is 7.56. The molecule has 2 aliphatic heterocycles. The van der Waals surface area contributed by atoms with Crippen LogP contribution in [0.2, 0.25) is 0 Å². The van der Waals surface area contributed by atoms with Gasteiger partial charge in [0.15, 0.2) is 0 Å².